The topological polar surface area (TPSA) is 39.2 Å². The van der Waals surface area contributed by atoms with Gasteiger partial charge in [-0.25, -0.2) is 4.79 Å². The lowest BCUT2D eigenvalue weighted by Gasteiger charge is -2.04. The van der Waals surface area contributed by atoms with Crippen molar-refractivity contribution < 1.29 is 9.53 Å². The quantitative estimate of drug-likeness (QED) is 0.686. The lowest BCUT2D eigenvalue weighted by atomic mass is 10.1. The van der Waals surface area contributed by atoms with E-state index in [1.807, 2.05) is 26.0 Å². The zero-order valence-electron chi connectivity index (χ0n) is 9.57. The monoisotopic (exact) mass is 215 g/mol. The summed E-state index contributed by atoms with van der Waals surface area (Å²) in [6.07, 6.45) is 1.54. The summed E-state index contributed by atoms with van der Waals surface area (Å²) < 4.78 is 4.66. The minimum atomic E-state index is -0.354. The van der Waals surface area contributed by atoms with E-state index in [-0.39, 0.29) is 5.97 Å². The van der Waals surface area contributed by atoms with Crippen LogP contribution in [0.5, 0.6) is 0 Å². The van der Waals surface area contributed by atoms with E-state index in [1.54, 1.807) is 12.3 Å². The molecule has 3 nitrogen and oxygen atoms in total. The molecule has 1 heterocycles. The fourth-order valence-electron chi connectivity index (χ4n) is 1.62. The molecule has 0 bridgehead atoms. The molecule has 3 heteroatoms. The number of fused-ring (bicyclic) bond motifs is 1. The molecule has 0 N–H and O–H groups in total. The normalized spacial score (nSPS) is 10.4. The van der Waals surface area contributed by atoms with Gasteiger partial charge in [0, 0.05) is 11.6 Å². The molecule has 0 radical (unpaired) electrons. The third kappa shape index (κ3) is 1.76. The van der Waals surface area contributed by atoms with Crippen LogP contribution in [0.4, 0.5) is 0 Å². The van der Waals surface area contributed by atoms with E-state index < -0.39 is 0 Å². The molecule has 0 aliphatic carbocycles. The Labute approximate surface area is 94.1 Å². The van der Waals surface area contributed by atoms with Crippen LogP contribution >= 0.6 is 0 Å². The van der Waals surface area contributed by atoms with Gasteiger partial charge in [-0.15, -0.1) is 0 Å². The Morgan fingerprint density at radius 2 is 1.88 bits per heavy atom. The van der Waals surface area contributed by atoms with Gasteiger partial charge in [0.15, 0.2) is 0 Å². The number of carbonyl (C=O) groups excluding carboxylic acids is 1. The first-order chi connectivity index (χ1) is 7.61. The Morgan fingerprint density at radius 1 is 1.19 bits per heavy atom. The van der Waals surface area contributed by atoms with E-state index in [4.69, 9.17) is 0 Å². The van der Waals surface area contributed by atoms with Gasteiger partial charge in [0.2, 0.25) is 0 Å². The van der Waals surface area contributed by atoms with Gasteiger partial charge in [-0.05, 0) is 43.2 Å². The number of carbonyl (C=O) groups is 1. The van der Waals surface area contributed by atoms with Crippen LogP contribution in [-0.2, 0) is 4.74 Å². The average molecular weight is 215 g/mol. The second-order valence-corrected chi connectivity index (χ2v) is 3.84. The number of hydrogen-bond acceptors (Lipinski definition) is 3. The van der Waals surface area contributed by atoms with Crippen molar-refractivity contribution in [1.29, 1.82) is 0 Å². The van der Waals surface area contributed by atoms with Crippen molar-refractivity contribution in [3.8, 4) is 0 Å². The van der Waals surface area contributed by atoms with Crippen LogP contribution in [0.15, 0.2) is 24.4 Å². The number of hydrogen-bond donors (Lipinski definition) is 0. The van der Waals surface area contributed by atoms with Crippen molar-refractivity contribution in [3.05, 3.63) is 41.1 Å². The smallest absolute Gasteiger partial charge is 0.339 e. The maximum Gasteiger partial charge on any atom is 0.339 e. The number of esters is 1. The summed E-state index contributed by atoms with van der Waals surface area (Å²) >= 11 is 0. The molecule has 0 atom stereocenters. The van der Waals surface area contributed by atoms with Gasteiger partial charge >= 0.3 is 5.97 Å². The number of pyridine rings is 1. The third-order valence-electron chi connectivity index (χ3n) is 2.72. The molecule has 0 saturated carbocycles. The van der Waals surface area contributed by atoms with Crippen LogP contribution < -0.4 is 0 Å². The van der Waals surface area contributed by atoms with Crippen LogP contribution in [0.2, 0.25) is 0 Å². The highest BCUT2D eigenvalue weighted by molar-refractivity contribution is 5.93. The molecule has 16 heavy (non-hydrogen) atoms. The predicted octanol–water partition coefficient (Wildman–Crippen LogP) is 2.64. The number of rotatable bonds is 1. The molecule has 0 aliphatic rings. The van der Waals surface area contributed by atoms with Crippen molar-refractivity contribution in [1.82, 2.24) is 4.98 Å². The molecule has 1 aromatic heterocycles. The number of methoxy groups -OCH3 is 1. The zero-order chi connectivity index (χ0) is 11.7. The molecule has 2 aromatic rings. The third-order valence-corrected chi connectivity index (χ3v) is 2.72. The zero-order valence-corrected chi connectivity index (χ0v) is 9.57. The first-order valence-corrected chi connectivity index (χ1v) is 5.07. The first-order valence-electron chi connectivity index (χ1n) is 5.07. The van der Waals surface area contributed by atoms with Gasteiger partial charge in [0.1, 0.15) is 0 Å². The number of benzene rings is 1. The molecule has 2 rings (SSSR count). The van der Waals surface area contributed by atoms with Crippen LogP contribution in [0.25, 0.3) is 10.9 Å². The highest BCUT2D eigenvalue weighted by Crippen LogP contribution is 2.18. The SMILES string of the molecule is COC(=O)c1cnc2cc(C)c(C)cc2c1. The lowest BCUT2D eigenvalue weighted by Crippen LogP contribution is -2.01. The molecule has 0 saturated heterocycles. The van der Waals surface area contributed by atoms with Gasteiger partial charge in [0.05, 0.1) is 18.2 Å². The summed E-state index contributed by atoms with van der Waals surface area (Å²) in [6, 6.07) is 5.86. The summed E-state index contributed by atoms with van der Waals surface area (Å²) in [5.74, 6) is -0.354. The van der Waals surface area contributed by atoms with E-state index in [1.165, 1.54) is 18.2 Å². The van der Waals surface area contributed by atoms with Crippen molar-refractivity contribution in [2.75, 3.05) is 7.11 Å². The first kappa shape index (κ1) is 10.6. The number of ether oxygens (including phenoxy) is 1. The highest BCUT2D eigenvalue weighted by atomic mass is 16.5. The fraction of sp³-hybridized carbons (Fsp3) is 0.231. The van der Waals surface area contributed by atoms with E-state index >= 15 is 0 Å². The molecule has 0 unspecified atom stereocenters. The molecule has 0 spiro atoms. The van der Waals surface area contributed by atoms with Crippen LogP contribution in [0, 0.1) is 13.8 Å². The minimum Gasteiger partial charge on any atom is -0.465 e. The Bertz CT molecular complexity index is 561. The van der Waals surface area contributed by atoms with E-state index in [0.29, 0.717) is 5.56 Å². The van der Waals surface area contributed by atoms with Crippen LogP contribution in [0.3, 0.4) is 0 Å². The number of aromatic nitrogens is 1. The summed E-state index contributed by atoms with van der Waals surface area (Å²) in [6.45, 7) is 4.09. The maximum absolute atomic E-state index is 11.3. The Balaban J connectivity index is 2.62. The van der Waals surface area contributed by atoms with Crippen molar-refractivity contribution in [3.63, 3.8) is 0 Å². The van der Waals surface area contributed by atoms with Crippen LogP contribution in [-0.4, -0.2) is 18.1 Å². The van der Waals surface area contributed by atoms with Crippen LogP contribution in [0.1, 0.15) is 21.5 Å². The standard InChI is InChI=1S/C13H13NO2/c1-8-4-10-6-11(13(15)16-3)7-14-12(10)5-9(8)2/h4-7H,1-3H3. The van der Waals surface area contributed by atoms with E-state index in [0.717, 1.165) is 10.9 Å². The summed E-state index contributed by atoms with van der Waals surface area (Å²) in [5.41, 5.74) is 3.77. The predicted molar refractivity (Wildman–Crippen MR) is 62.6 cm³/mol. The molecule has 0 fully saturated rings. The summed E-state index contributed by atoms with van der Waals surface area (Å²) in [7, 11) is 1.37. The lowest BCUT2D eigenvalue weighted by molar-refractivity contribution is 0.0600. The minimum absolute atomic E-state index is 0.354. The number of nitrogens with zero attached hydrogens (tertiary/aromatic N) is 1. The average Bonchev–Trinajstić information content (AvgIpc) is 2.29. The summed E-state index contributed by atoms with van der Waals surface area (Å²) in [4.78, 5) is 15.6. The maximum atomic E-state index is 11.3. The van der Waals surface area contributed by atoms with E-state index in [9.17, 15) is 4.79 Å². The molecular formula is C13H13NO2. The number of aryl methyl sites for hydroxylation is 2. The van der Waals surface area contributed by atoms with Crippen molar-refractivity contribution >= 4 is 16.9 Å². The van der Waals surface area contributed by atoms with Gasteiger partial charge in [-0.3, -0.25) is 4.98 Å². The second kappa shape index (κ2) is 3.93. The molecule has 0 amide bonds. The second-order valence-electron chi connectivity index (χ2n) is 3.84. The van der Waals surface area contributed by atoms with Gasteiger partial charge in [-0.1, -0.05) is 0 Å². The van der Waals surface area contributed by atoms with Gasteiger partial charge in [-0.2, -0.15) is 0 Å². The fourth-order valence-corrected chi connectivity index (χ4v) is 1.62. The molecule has 82 valence electrons. The Kier molecular flexibility index (Phi) is 2.60. The Morgan fingerprint density at radius 3 is 2.56 bits per heavy atom. The molecular weight excluding hydrogens is 202 g/mol. The Hall–Kier alpha value is -1.90. The highest BCUT2D eigenvalue weighted by Gasteiger charge is 2.07. The van der Waals surface area contributed by atoms with Gasteiger partial charge < -0.3 is 4.74 Å². The van der Waals surface area contributed by atoms with Gasteiger partial charge in [0.25, 0.3) is 0 Å². The van der Waals surface area contributed by atoms with Crippen molar-refractivity contribution in [2.45, 2.75) is 13.8 Å². The van der Waals surface area contributed by atoms with Crippen molar-refractivity contribution in [2.24, 2.45) is 0 Å². The molecule has 0 aliphatic heterocycles. The molecule has 1 aromatic carbocycles. The summed E-state index contributed by atoms with van der Waals surface area (Å²) in [5, 5.41) is 0.964. The van der Waals surface area contributed by atoms with E-state index in [2.05, 4.69) is 9.72 Å². The largest absolute Gasteiger partial charge is 0.465 e.